The van der Waals surface area contributed by atoms with Crippen molar-refractivity contribution < 1.29 is 22.6 Å². The molecule has 0 saturated carbocycles. The summed E-state index contributed by atoms with van der Waals surface area (Å²) in [5, 5.41) is 0. The molecule has 194 valence electrons. The summed E-state index contributed by atoms with van der Waals surface area (Å²) in [5.41, 5.74) is 6.58. The number of aryl methyl sites for hydroxylation is 1. The van der Waals surface area contributed by atoms with E-state index >= 15 is 8.63 Å². The van der Waals surface area contributed by atoms with E-state index in [9.17, 15) is 0 Å². The molecule has 0 aliphatic carbocycles. The van der Waals surface area contributed by atoms with E-state index < -0.39 is 6.97 Å². The molecule has 0 bridgehead atoms. The highest BCUT2D eigenvalue weighted by molar-refractivity contribution is 14.1. The van der Waals surface area contributed by atoms with Crippen LogP contribution in [0.25, 0.3) is 23.8 Å². The summed E-state index contributed by atoms with van der Waals surface area (Å²) >= 11 is 2.28. The highest BCUT2D eigenvalue weighted by atomic mass is 127. The molecule has 4 nitrogen and oxygen atoms in total. The molecule has 0 atom stereocenters. The largest absolute Gasteiger partial charge is 0.737 e. The van der Waals surface area contributed by atoms with E-state index in [1.165, 1.54) is 8.96 Å². The van der Waals surface area contributed by atoms with E-state index in [2.05, 4.69) is 22.6 Å². The third-order valence-electron chi connectivity index (χ3n) is 6.97. The van der Waals surface area contributed by atoms with Crippen LogP contribution < -0.4 is 9.47 Å². The fourth-order valence-corrected chi connectivity index (χ4v) is 5.92. The molecule has 0 N–H and O–H groups in total. The van der Waals surface area contributed by atoms with Gasteiger partial charge in [-0.05, 0) is 73.0 Å². The van der Waals surface area contributed by atoms with Crippen LogP contribution in [0, 0.1) is 6.92 Å². The zero-order valence-corrected chi connectivity index (χ0v) is 23.9. The number of alkyl halides is 1. The second kappa shape index (κ2) is 10.4. The Kier molecular flexibility index (Phi) is 7.18. The Morgan fingerprint density at radius 2 is 1.42 bits per heavy atom. The number of hydrogen-bond acceptors (Lipinski definition) is 2. The fourth-order valence-electron chi connectivity index (χ4n) is 5.20. The number of allylic oxidation sites excluding steroid dienone is 4. The van der Waals surface area contributed by atoms with Crippen LogP contribution in [0.2, 0.25) is 0 Å². The molecule has 8 heteroatoms. The zero-order chi connectivity index (χ0) is 27.0. The van der Waals surface area contributed by atoms with Crippen molar-refractivity contribution >= 4 is 59.1 Å². The fraction of sp³-hybridized carbons (Fsp3) is 0.167. The standard InChI is InChI=1S/C30H28BF2IN2O2/c1-20-17-24(11-5-22-7-13-26(37-3)14-8-22)35-29(20)28(19-34)30-21(2)18-25(36(30)31(35,32)33)12-6-23-9-15-27(38-4)16-10-23/h5-18H,19H2,1-4H3/b11-5+,12-6+. The Morgan fingerprint density at radius 3 is 1.95 bits per heavy atom. The van der Waals surface area contributed by atoms with E-state index in [0.29, 0.717) is 27.2 Å². The maximum absolute atomic E-state index is 16.6. The number of rotatable bonds is 7. The highest BCUT2D eigenvalue weighted by Gasteiger charge is 2.55. The van der Waals surface area contributed by atoms with Crippen LogP contribution >= 0.6 is 22.6 Å². The van der Waals surface area contributed by atoms with E-state index in [1.807, 2.05) is 86.7 Å². The van der Waals surface area contributed by atoms with Gasteiger partial charge in [0.25, 0.3) is 0 Å². The summed E-state index contributed by atoms with van der Waals surface area (Å²) in [7, 11) is 3.23. The first-order valence-electron chi connectivity index (χ1n) is 12.3. The van der Waals surface area contributed by atoms with E-state index in [4.69, 9.17) is 9.47 Å². The van der Waals surface area contributed by atoms with E-state index in [-0.39, 0.29) is 0 Å². The topological polar surface area (TPSA) is 26.4 Å². The van der Waals surface area contributed by atoms with Crippen LogP contribution in [0.15, 0.2) is 78.0 Å². The lowest BCUT2D eigenvalue weighted by atomic mass is 9.86. The van der Waals surface area contributed by atoms with Crippen LogP contribution in [0.3, 0.4) is 0 Å². The number of nitrogens with zero attached hydrogens (tertiary/aromatic N) is 2. The Hall–Kier alpha value is -3.40. The van der Waals surface area contributed by atoms with Crippen molar-refractivity contribution in [3.8, 4) is 11.5 Å². The Labute approximate surface area is 235 Å². The highest BCUT2D eigenvalue weighted by Crippen LogP contribution is 2.42. The molecule has 2 aromatic carbocycles. The molecule has 38 heavy (non-hydrogen) atoms. The second-order valence-electron chi connectivity index (χ2n) is 9.36. The summed E-state index contributed by atoms with van der Waals surface area (Å²) in [6.45, 7) is -0.326. The van der Waals surface area contributed by atoms with Gasteiger partial charge in [-0.25, -0.2) is 0 Å². The number of hydrogen-bond donors (Lipinski definition) is 0. The average Bonchev–Trinajstić information content (AvgIpc) is 3.45. The molecule has 0 unspecified atom stereocenters. The van der Waals surface area contributed by atoms with Gasteiger partial charge in [0.1, 0.15) is 11.5 Å². The number of halogens is 3. The Bertz CT molecular complexity index is 1550. The summed E-state index contributed by atoms with van der Waals surface area (Å²) in [5.74, 6) is 1.50. The molecule has 2 aliphatic rings. The zero-order valence-electron chi connectivity index (χ0n) is 21.7. The smallest absolute Gasteiger partial charge is 0.497 e. The van der Waals surface area contributed by atoms with Crippen molar-refractivity contribution in [2.45, 2.75) is 13.8 Å². The van der Waals surface area contributed by atoms with Crippen LogP contribution in [0.1, 0.15) is 35.0 Å². The molecule has 0 spiro atoms. The van der Waals surface area contributed by atoms with Gasteiger partial charge in [-0.2, -0.15) is 0 Å². The van der Waals surface area contributed by atoms with Crippen LogP contribution in [-0.2, 0) is 0 Å². The van der Waals surface area contributed by atoms with Crippen molar-refractivity contribution in [1.29, 1.82) is 0 Å². The molecule has 2 aliphatic heterocycles. The summed E-state index contributed by atoms with van der Waals surface area (Å²) in [6.07, 6.45) is 9.11. The summed E-state index contributed by atoms with van der Waals surface area (Å²) in [6, 6.07) is 16.9. The molecule has 5 rings (SSSR count). The molecule has 1 aromatic heterocycles. The first-order chi connectivity index (χ1) is 18.3. The van der Waals surface area contributed by atoms with Gasteiger partial charge < -0.3 is 27.1 Å². The molecule has 0 fully saturated rings. The van der Waals surface area contributed by atoms with Gasteiger partial charge >= 0.3 is 6.97 Å². The minimum absolute atomic E-state index is 0.475. The van der Waals surface area contributed by atoms with Gasteiger partial charge in [0.2, 0.25) is 0 Å². The van der Waals surface area contributed by atoms with Crippen molar-refractivity contribution in [1.82, 2.24) is 4.48 Å². The van der Waals surface area contributed by atoms with Crippen molar-refractivity contribution in [3.63, 3.8) is 0 Å². The van der Waals surface area contributed by atoms with Gasteiger partial charge in [0.15, 0.2) is 11.4 Å². The number of benzene rings is 2. The minimum Gasteiger partial charge on any atom is -0.497 e. The Morgan fingerprint density at radius 1 is 0.868 bits per heavy atom. The molecule has 0 amide bonds. The molecule has 3 aromatic rings. The third kappa shape index (κ3) is 4.55. The van der Waals surface area contributed by atoms with Gasteiger partial charge in [0.05, 0.1) is 14.2 Å². The lowest BCUT2D eigenvalue weighted by Crippen LogP contribution is -2.51. The monoisotopic (exact) mass is 624 g/mol. The van der Waals surface area contributed by atoms with Crippen LogP contribution in [0.4, 0.5) is 8.63 Å². The predicted octanol–water partition coefficient (Wildman–Crippen LogP) is 7.49. The maximum Gasteiger partial charge on any atom is 0.737 e. The number of methoxy groups -OCH3 is 2. The maximum atomic E-state index is 16.6. The number of aromatic nitrogens is 1. The number of ether oxygens (including phenoxy) is 2. The molecular weight excluding hydrogens is 596 g/mol. The minimum atomic E-state index is -4.15. The van der Waals surface area contributed by atoms with Crippen molar-refractivity contribution in [2.75, 3.05) is 18.6 Å². The van der Waals surface area contributed by atoms with Gasteiger partial charge in [-0.3, -0.25) is 0 Å². The predicted molar refractivity (Wildman–Crippen MR) is 161 cm³/mol. The van der Waals surface area contributed by atoms with Crippen LogP contribution in [0.5, 0.6) is 11.5 Å². The summed E-state index contributed by atoms with van der Waals surface area (Å²) < 4.78 is 46.7. The normalized spacial score (nSPS) is 16.3. The van der Waals surface area contributed by atoms with E-state index in [0.717, 1.165) is 39.3 Å². The quantitative estimate of drug-likeness (QED) is 0.155. The Balaban J connectivity index is 1.61. The molecule has 0 saturated heterocycles. The molecule has 0 radical (unpaired) electrons. The lowest BCUT2D eigenvalue weighted by molar-refractivity contribution is -0.362. The van der Waals surface area contributed by atoms with Gasteiger partial charge in [-0.1, -0.05) is 52.9 Å². The first kappa shape index (κ1) is 26.2. The second-order valence-corrected chi connectivity index (χ2v) is 10.1. The van der Waals surface area contributed by atoms with Gasteiger partial charge in [-0.15, -0.1) is 0 Å². The summed E-state index contributed by atoms with van der Waals surface area (Å²) in [4.78, 5) is 0. The van der Waals surface area contributed by atoms with E-state index in [1.54, 1.807) is 26.4 Å². The first-order valence-corrected chi connectivity index (χ1v) is 13.8. The lowest BCUT2D eigenvalue weighted by Gasteiger charge is -2.33. The third-order valence-corrected chi connectivity index (χ3v) is 7.73. The molecule has 3 heterocycles. The van der Waals surface area contributed by atoms with Crippen LogP contribution in [-0.4, -0.2) is 40.3 Å². The molecular formula is C30H28BF2IN2O2. The number of fused-ring (bicyclic) bond motifs is 2. The van der Waals surface area contributed by atoms with Crippen molar-refractivity contribution in [3.05, 3.63) is 106 Å². The van der Waals surface area contributed by atoms with Gasteiger partial charge in [0, 0.05) is 39.1 Å². The SMILES string of the molecule is COc1ccc(/C=C/C2=[N+]3C(=C(CI)c4c(C)cc(/C=C/c5ccc(OC)cc5)n4[B-]3(F)F)C(C)=C2)cc1. The average molecular weight is 624 g/mol. The van der Waals surface area contributed by atoms with Crippen molar-refractivity contribution in [2.24, 2.45) is 0 Å².